The number of hydrogen-bond acceptors (Lipinski definition) is 6. The van der Waals surface area contributed by atoms with Gasteiger partial charge in [0.1, 0.15) is 18.2 Å². The lowest BCUT2D eigenvalue weighted by Crippen LogP contribution is -2.27. The van der Waals surface area contributed by atoms with Crippen LogP contribution in [0, 0.1) is 11.3 Å². The first-order valence-electron chi connectivity index (χ1n) is 9.05. The largest absolute Gasteiger partial charge is 0.407 e. The van der Waals surface area contributed by atoms with Crippen molar-refractivity contribution in [2.75, 3.05) is 6.54 Å². The molecule has 2 rings (SSSR count). The van der Waals surface area contributed by atoms with Gasteiger partial charge >= 0.3 is 6.18 Å². The molecule has 0 spiro atoms. The maximum atomic E-state index is 12.3. The van der Waals surface area contributed by atoms with Crippen LogP contribution in [0.3, 0.4) is 0 Å². The van der Waals surface area contributed by atoms with Crippen LogP contribution in [0.4, 0.5) is 13.2 Å². The fourth-order valence-electron chi connectivity index (χ4n) is 2.50. The van der Waals surface area contributed by atoms with E-state index >= 15 is 0 Å². The summed E-state index contributed by atoms with van der Waals surface area (Å²) in [6.07, 6.45) is 7.60. The lowest BCUT2D eigenvalue weighted by Gasteiger charge is -2.23. The van der Waals surface area contributed by atoms with Gasteiger partial charge in [-0.1, -0.05) is 13.8 Å². The summed E-state index contributed by atoms with van der Waals surface area (Å²) in [7, 11) is 0. The molecule has 0 saturated heterocycles. The zero-order valence-corrected chi connectivity index (χ0v) is 16.6. The van der Waals surface area contributed by atoms with Gasteiger partial charge in [0.05, 0.1) is 11.4 Å². The van der Waals surface area contributed by atoms with Gasteiger partial charge in [-0.25, -0.2) is 4.99 Å². The van der Waals surface area contributed by atoms with Crippen LogP contribution in [0.1, 0.15) is 13.8 Å². The Labute approximate surface area is 172 Å². The summed E-state index contributed by atoms with van der Waals surface area (Å²) >= 11 is 0. The van der Waals surface area contributed by atoms with Gasteiger partial charge in [0.2, 0.25) is 0 Å². The van der Waals surface area contributed by atoms with Gasteiger partial charge in [-0.15, -0.1) is 0 Å². The van der Waals surface area contributed by atoms with E-state index in [1.807, 2.05) is 13.8 Å². The number of allylic oxidation sites excluding steroid dienone is 6. The second-order valence-corrected chi connectivity index (χ2v) is 6.75. The number of hydrogen-bond donors (Lipinski definition) is 5. The van der Waals surface area contributed by atoms with Gasteiger partial charge in [0.15, 0.2) is 0 Å². The summed E-state index contributed by atoms with van der Waals surface area (Å²) in [5, 5.41) is 13.6. The molecule has 0 aliphatic carbocycles. The first kappa shape index (κ1) is 22.7. The monoisotopic (exact) mass is 419 g/mol. The standard InChI is InChI=1S/C20H24F3N7/c1-12(2)13(7-24)6-18(26)30-19-4-3-16-17(29-19)5-14(10-28-16)15(8-25)9-27-11-20(21,22)23/h3-10,12,24,28-29H,11,25H2,1-2H3,(H2,26,30). The number of rotatable bonds is 7. The number of nitrogens with zero attached hydrogens (tertiary/aromatic N) is 2. The highest BCUT2D eigenvalue weighted by Gasteiger charge is 2.26. The Kier molecular flexibility index (Phi) is 7.40. The molecule has 0 aromatic heterocycles. The molecule has 160 valence electrons. The third kappa shape index (κ3) is 6.50. The van der Waals surface area contributed by atoms with Crippen molar-refractivity contribution in [1.29, 1.82) is 5.41 Å². The molecule has 2 aliphatic rings. The summed E-state index contributed by atoms with van der Waals surface area (Å²) in [5.41, 5.74) is 14.5. The maximum Gasteiger partial charge on any atom is 0.407 e. The number of dihydropyridines is 2. The number of nitrogens with two attached hydrogens (primary N) is 2. The van der Waals surface area contributed by atoms with Crippen molar-refractivity contribution in [3.63, 3.8) is 0 Å². The molecule has 0 radical (unpaired) electrons. The van der Waals surface area contributed by atoms with E-state index in [0.717, 1.165) is 17.5 Å². The lowest BCUT2D eigenvalue weighted by atomic mass is 10.0. The molecule has 7 nitrogen and oxygen atoms in total. The molecule has 0 amide bonds. The topological polar surface area (TPSA) is 125 Å². The fourth-order valence-corrected chi connectivity index (χ4v) is 2.50. The molecule has 0 unspecified atom stereocenters. The maximum absolute atomic E-state index is 12.3. The smallest absolute Gasteiger partial charge is 0.404 e. The Hall–Kier alpha value is -3.56. The number of aliphatic imine (C=N–C) groups is 2. The van der Waals surface area contributed by atoms with E-state index in [9.17, 15) is 13.2 Å². The summed E-state index contributed by atoms with van der Waals surface area (Å²) < 4.78 is 36.9. The van der Waals surface area contributed by atoms with Crippen molar-refractivity contribution < 1.29 is 13.2 Å². The van der Waals surface area contributed by atoms with E-state index in [2.05, 4.69) is 20.6 Å². The highest BCUT2D eigenvalue weighted by molar-refractivity contribution is 5.97. The minimum Gasteiger partial charge on any atom is -0.404 e. The summed E-state index contributed by atoms with van der Waals surface area (Å²) in [6.45, 7) is 2.61. The van der Waals surface area contributed by atoms with E-state index in [0.29, 0.717) is 22.7 Å². The quantitative estimate of drug-likeness (QED) is 0.321. The van der Waals surface area contributed by atoms with Crippen molar-refractivity contribution in [2.24, 2.45) is 27.4 Å². The molecule has 0 aromatic carbocycles. The minimum atomic E-state index is -4.38. The normalized spacial score (nSPS) is 18.1. The Morgan fingerprint density at radius 2 is 2.00 bits per heavy atom. The van der Waals surface area contributed by atoms with Gasteiger partial charge in [-0.05, 0) is 35.8 Å². The van der Waals surface area contributed by atoms with Crippen LogP contribution in [0.15, 0.2) is 80.6 Å². The van der Waals surface area contributed by atoms with Gasteiger partial charge in [-0.2, -0.15) is 13.2 Å². The van der Waals surface area contributed by atoms with Gasteiger partial charge in [0, 0.05) is 36.0 Å². The van der Waals surface area contributed by atoms with Crippen LogP contribution in [-0.2, 0) is 0 Å². The predicted molar refractivity (Wildman–Crippen MR) is 114 cm³/mol. The Balaban J connectivity index is 2.18. The average Bonchev–Trinajstić information content (AvgIpc) is 2.67. The summed E-state index contributed by atoms with van der Waals surface area (Å²) in [5.74, 6) is 0.841. The number of amidine groups is 1. The average molecular weight is 419 g/mol. The molecule has 0 bridgehead atoms. The number of fused-ring (bicyclic) bond motifs is 1. The van der Waals surface area contributed by atoms with Crippen LogP contribution in [0.5, 0.6) is 0 Å². The third-order valence-electron chi connectivity index (χ3n) is 4.06. The van der Waals surface area contributed by atoms with Crippen molar-refractivity contribution >= 4 is 18.3 Å². The van der Waals surface area contributed by atoms with Crippen LogP contribution in [0.2, 0.25) is 0 Å². The molecule has 0 fully saturated rings. The van der Waals surface area contributed by atoms with Crippen molar-refractivity contribution in [3.8, 4) is 0 Å². The SMILES string of the molecule is CC(C)C(C=N)=CC(N)=NC1=CC=C2NC=C(C(C=NCC(F)(F)F)=CN)C=C2N1. The molecule has 30 heavy (non-hydrogen) atoms. The Bertz CT molecular complexity index is 927. The zero-order valence-electron chi connectivity index (χ0n) is 16.6. The second kappa shape index (κ2) is 9.77. The van der Waals surface area contributed by atoms with E-state index in [1.54, 1.807) is 30.5 Å². The summed E-state index contributed by atoms with van der Waals surface area (Å²) in [4.78, 5) is 7.70. The minimum absolute atomic E-state index is 0.134. The van der Waals surface area contributed by atoms with Gasteiger partial charge in [-0.3, -0.25) is 4.99 Å². The molecule has 0 aromatic rings. The third-order valence-corrected chi connectivity index (χ3v) is 4.06. The highest BCUT2D eigenvalue weighted by Crippen LogP contribution is 2.23. The van der Waals surface area contributed by atoms with Crippen LogP contribution in [-0.4, -0.2) is 31.0 Å². The Morgan fingerprint density at radius 1 is 1.27 bits per heavy atom. The second-order valence-electron chi connectivity index (χ2n) is 6.75. The fraction of sp³-hybridized carbons (Fsp3) is 0.250. The van der Waals surface area contributed by atoms with E-state index in [4.69, 9.17) is 16.9 Å². The predicted octanol–water partition coefficient (Wildman–Crippen LogP) is 2.75. The molecular weight excluding hydrogens is 395 g/mol. The molecule has 7 N–H and O–H groups in total. The molecular formula is C20H24F3N7. The van der Waals surface area contributed by atoms with Crippen LogP contribution >= 0.6 is 0 Å². The molecule has 10 heteroatoms. The first-order chi connectivity index (χ1) is 14.1. The van der Waals surface area contributed by atoms with Crippen molar-refractivity contribution in [3.05, 3.63) is 70.6 Å². The number of alkyl halides is 3. The molecule has 0 atom stereocenters. The first-order valence-corrected chi connectivity index (χ1v) is 9.05. The van der Waals surface area contributed by atoms with Crippen LogP contribution < -0.4 is 22.1 Å². The van der Waals surface area contributed by atoms with Crippen molar-refractivity contribution in [1.82, 2.24) is 10.6 Å². The molecule has 0 saturated carbocycles. The number of nitrogens with one attached hydrogen (secondary N) is 3. The van der Waals surface area contributed by atoms with Crippen LogP contribution in [0.25, 0.3) is 0 Å². The Morgan fingerprint density at radius 3 is 2.60 bits per heavy atom. The van der Waals surface area contributed by atoms with Gasteiger partial charge < -0.3 is 27.5 Å². The highest BCUT2D eigenvalue weighted by atomic mass is 19.4. The zero-order chi connectivity index (χ0) is 22.3. The summed E-state index contributed by atoms with van der Waals surface area (Å²) in [6, 6.07) is 0. The van der Waals surface area contributed by atoms with E-state index in [-0.39, 0.29) is 11.8 Å². The molecule has 2 heterocycles. The lowest BCUT2D eigenvalue weighted by molar-refractivity contribution is -0.118. The van der Waals surface area contributed by atoms with Crippen molar-refractivity contribution in [2.45, 2.75) is 20.0 Å². The van der Waals surface area contributed by atoms with Gasteiger partial charge in [0.25, 0.3) is 0 Å². The van der Waals surface area contributed by atoms with E-state index in [1.165, 1.54) is 12.4 Å². The van der Waals surface area contributed by atoms with E-state index < -0.39 is 12.7 Å². The molecule has 2 aliphatic heterocycles. The number of halogens is 3.